The van der Waals surface area contributed by atoms with E-state index < -0.39 is 5.63 Å². The molecule has 1 fully saturated rings. The molecule has 1 aliphatic heterocycles. The Kier molecular flexibility index (Phi) is 5.62. The number of thiophene rings is 1. The van der Waals surface area contributed by atoms with Crippen LogP contribution in [0.4, 0.5) is 5.13 Å². The Morgan fingerprint density at radius 1 is 1.16 bits per heavy atom. The first-order valence-electron chi connectivity index (χ1n) is 10.1. The van der Waals surface area contributed by atoms with Crippen molar-refractivity contribution in [3.63, 3.8) is 0 Å². The van der Waals surface area contributed by atoms with Crippen LogP contribution in [0.15, 0.2) is 51.0 Å². The lowest BCUT2D eigenvalue weighted by molar-refractivity contribution is -0.133. The number of anilines is 1. The second kappa shape index (κ2) is 8.71. The molecule has 4 heterocycles. The van der Waals surface area contributed by atoms with Crippen LogP contribution in [-0.4, -0.2) is 53.8 Å². The van der Waals surface area contributed by atoms with Crippen LogP contribution in [0.2, 0.25) is 0 Å². The van der Waals surface area contributed by atoms with Gasteiger partial charge in [-0.3, -0.25) is 4.79 Å². The third-order valence-corrected chi connectivity index (χ3v) is 7.36. The maximum atomic E-state index is 12.6. The summed E-state index contributed by atoms with van der Waals surface area (Å²) >= 11 is 3.22. The molecule has 0 saturated carbocycles. The summed E-state index contributed by atoms with van der Waals surface area (Å²) in [6.45, 7) is 4.39. The Balaban J connectivity index is 1.16. The molecule has 0 spiro atoms. The minimum Gasteiger partial charge on any atom is -0.484 e. The summed E-state index contributed by atoms with van der Waals surface area (Å²) in [7, 11) is 0. The van der Waals surface area contributed by atoms with Gasteiger partial charge < -0.3 is 19.0 Å². The molecule has 1 saturated heterocycles. The summed E-state index contributed by atoms with van der Waals surface area (Å²) in [5.74, 6) is 0.417. The van der Waals surface area contributed by atoms with Gasteiger partial charge in [0.1, 0.15) is 11.3 Å². The van der Waals surface area contributed by atoms with Crippen molar-refractivity contribution in [2.75, 3.05) is 37.7 Å². The Morgan fingerprint density at radius 2 is 2.00 bits per heavy atom. The van der Waals surface area contributed by atoms with E-state index in [1.54, 1.807) is 39.7 Å². The molecule has 0 radical (unpaired) electrons. The number of rotatable bonds is 5. The number of fused-ring (bicyclic) bond motifs is 1. The van der Waals surface area contributed by atoms with Crippen LogP contribution >= 0.6 is 22.7 Å². The maximum Gasteiger partial charge on any atom is 0.336 e. The molecule has 3 aromatic heterocycles. The van der Waals surface area contributed by atoms with Gasteiger partial charge in [0.25, 0.3) is 5.91 Å². The zero-order valence-electron chi connectivity index (χ0n) is 17.3. The number of nitrogens with zero attached hydrogens (tertiary/aromatic N) is 4. The molecule has 1 aliphatic rings. The zero-order chi connectivity index (χ0) is 22.1. The smallest absolute Gasteiger partial charge is 0.336 e. The van der Waals surface area contributed by atoms with Gasteiger partial charge in [-0.2, -0.15) is 0 Å². The van der Waals surface area contributed by atoms with Crippen molar-refractivity contribution in [3.05, 3.63) is 57.8 Å². The number of aromatic nitrogens is 2. The van der Waals surface area contributed by atoms with Gasteiger partial charge in [-0.25, -0.2) is 4.79 Å². The normalized spacial score (nSPS) is 14.2. The first-order chi connectivity index (χ1) is 15.6. The summed E-state index contributed by atoms with van der Waals surface area (Å²) in [6.07, 6.45) is 0. The van der Waals surface area contributed by atoms with Crippen LogP contribution in [-0.2, 0) is 4.79 Å². The first kappa shape index (κ1) is 20.7. The van der Waals surface area contributed by atoms with Crippen LogP contribution in [0, 0.1) is 6.92 Å². The molecule has 4 aromatic rings. The Hall–Kier alpha value is -3.24. The predicted molar refractivity (Wildman–Crippen MR) is 125 cm³/mol. The summed E-state index contributed by atoms with van der Waals surface area (Å²) < 4.78 is 10.9. The second-order valence-electron chi connectivity index (χ2n) is 7.43. The summed E-state index contributed by atoms with van der Waals surface area (Å²) in [5, 5.41) is 13.3. The van der Waals surface area contributed by atoms with E-state index in [0.717, 1.165) is 26.0 Å². The van der Waals surface area contributed by atoms with Crippen molar-refractivity contribution < 1.29 is 13.9 Å². The number of hydrogen-bond donors (Lipinski definition) is 0. The number of hydrogen-bond acceptors (Lipinski definition) is 9. The molecule has 8 nitrogen and oxygen atoms in total. The molecule has 164 valence electrons. The average Bonchev–Trinajstić information content (AvgIpc) is 3.49. The van der Waals surface area contributed by atoms with Crippen LogP contribution in [0.5, 0.6) is 5.75 Å². The third-order valence-electron chi connectivity index (χ3n) is 5.33. The SMILES string of the molecule is Cc1cc(=O)oc2cc(OCC(=O)N3CCN(c4nnc(-c5cccs5)s4)CC3)ccc12. The van der Waals surface area contributed by atoms with Crippen molar-refractivity contribution in [2.45, 2.75) is 6.92 Å². The summed E-state index contributed by atoms with van der Waals surface area (Å²) in [5.41, 5.74) is 0.890. The second-order valence-corrected chi connectivity index (χ2v) is 9.33. The Bertz CT molecular complexity index is 1310. The number of carbonyl (C=O) groups is 1. The lowest BCUT2D eigenvalue weighted by Gasteiger charge is -2.34. The minimum atomic E-state index is -0.404. The molecule has 0 aliphatic carbocycles. The molecule has 10 heteroatoms. The lowest BCUT2D eigenvalue weighted by atomic mass is 10.1. The fraction of sp³-hybridized carbons (Fsp3) is 0.273. The van der Waals surface area contributed by atoms with Gasteiger partial charge in [-0.05, 0) is 36.1 Å². The fourth-order valence-corrected chi connectivity index (χ4v) is 5.31. The molecular formula is C22H20N4O4S2. The number of ether oxygens (including phenoxy) is 1. The number of amides is 1. The van der Waals surface area contributed by atoms with E-state index in [9.17, 15) is 9.59 Å². The molecule has 0 atom stereocenters. The Labute approximate surface area is 191 Å². The molecule has 32 heavy (non-hydrogen) atoms. The van der Waals surface area contributed by atoms with Crippen LogP contribution in [0.1, 0.15) is 5.56 Å². The highest BCUT2D eigenvalue weighted by Gasteiger charge is 2.24. The van der Waals surface area contributed by atoms with Gasteiger partial charge in [0.05, 0.1) is 4.88 Å². The summed E-state index contributed by atoms with van der Waals surface area (Å²) in [4.78, 5) is 29.3. The largest absolute Gasteiger partial charge is 0.484 e. The predicted octanol–water partition coefficient (Wildman–Crippen LogP) is 3.41. The van der Waals surface area contributed by atoms with Crippen molar-refractivity contribution in [1.82, 2.24) is 15.1 Å². The summed E-state index contributed by atoms with van der Waals surface area (Å²) in [6, 6.07) is 10.8. The van der Waals surface area contributed by atoms with Gasteiger partial charge in [-0.1, -0.05) is 17.4 Å². The minimum absolute atomic E-state index is 0.0666. The number of piperazine rings is 1. The van der Waals surface area contributed by atoms with E-state index in [2.05, 4.69) is 15.1 Å². The van der Waals surface area contributed by atoms with E-state index >= 15 is 0 Å². The zero-order valence-corrected chi connectivity index (χ0v) is 18.9. The standard InChI is InChI=1S/C22H20N4O4S2/c1-14-11-20(28)30-17-12-15(4-5-16(14)17)29-13-19(27)25-6-8-26(9-7-25)22-24-23-21(32-22)18-3-2-10-31-18/h2-5,10-12H,6-9,13H2,1H3. The van der Waals surface area contributed by atoms with Gasteiger partial charge in [0.15, 0.2) is 11.6 Å². The third kappa shape index (κ3) is 4.23. The average molecular weight is 469 g/mol. The monoisotopic (exact) mass is 468 g/mol. The van der Waals surface area contributed by atoms with Crippen molar-refractivity contribution in [3.8, 4) is 15.6 Å². The van der Waals surface area contributed by atoms with E-state index in [4.69, 9.17) is 9.15 Å². The van der Waals surface area contributed by atoms with Gasteiger partial charge in [0, 0.05) is 43.7 Å². The topological polar surface area (TPSA) is 88.8 Å². The first-order valence-corrected chi connectivity index (χ1v) is 11.8. The fourth-order valence-electron chi connectivity index (χ4n) is 3.62. The van der Waals surface area contributed by atoms with Crippen molar-refractivity contribution >= 4 is 44.7 Å². The molecule has 0 bridgehead atoms. The highest BCUT2D eigenvalue weighted by Crippen LogP contribution is 2.31. The molecular weight excluding hydrogens is 448 g/mol. The molecule has 0 N–H and O–H groups in total. The number of carbonyl (C=O) groups excluding carboxylic acids is 1. The van der Waals surface area contributed by atoms with E-state index in [0.29, 0.717) is 37.5 Å². The molecule has 5 rings (SSSR count). The van der Waals surface area contributed by atoms with Gasteiger partial charge >= 0.3 is 5.63 Å². The maximum absolute atomic E-state index is 12.6. The van der Waals surface area contributed by atoms with Crippen LogP contribution < -0.4 is 15.3 Å². The van der Waals surface area contributed by atoms with Gasteiger partial charge in [-0.15, -0.1) is 21.5 Å². The van der Waals surface area contributed by atoms with Crippen LogP contribution in [0.3, 0.4) is 0 Å². The highest BCUT2D eigenvalue weighted by molar-refractivity contribution is 7.22. The molecule has 0 unspecified atom stereocenters. The highest BCUT2D eigenvalue weighted by atomic mass is 32.1. The van der Waals surface area contributed by atoms with E-state index in [1.807, 2.05) is 30.5 Å². The van der Waals surface area contributed by atoms with E-state index in [1.165, 1.54) is 6.07 Å². The molecule has 1 aromatic carbocycles. The van der Waals surface area contributed by atoms with E-state index in [-0.39, 0.29) is 12.5 Å². The van der Waals surface area contributed by atoms with Crippen molar-refractivity contribution in [1.29, 1.82) is 0 Å². The lowest BCUT2D eigenvalue weighted by Crippen LogP contribution is -2.50. The quantitative estimate of drug-likeness (QED) is 0.415. The Morgan fingerprint density at radius 3 is 2.78 bits per heavy atom. The molecule has 1 amide bonds. The van der Waals surface area contributed by atoms with Gasteiger partial charge in [0.2, 0.25) is 5.13 Å². The number of benzene rings is 1. The van der Waals surface area contributed by atoms with Crippen molar-refractivity contribution in [2.24, 2.45) is 0 Å². The number of aryl methyl sites for hydroxylation is 1. The van der Waals surface area contributed by atoms with Crippen LogP contribution in [0.25, 0.3) is 20.9 Å².